The Morgan fingerprint density at radius 1 is 1.33 bits per heavy atom. The van der Waals surface area contributed by atoms with Crippen LogP contribution in [0.1, 0.15) is 12.5 Å². The van der Waals surface area contributed by atoms with Gasteiger partial charge in [0, 0.05) is 13.2 Å². The van der Waals surface area contributed by atoms with Crippen LogP contribution in [0.5, 0.6) is 0 Å². The van der Waals surface area contributed by atoms with E-state index < -0.39 is 18.2 Å². The molecule has 1 saturated heterocycles. The first-order valence-corrected chi connectivity index (χ1v) is 7.58. The van der Waals surface area contributed by atoms with Gasteiger partial charge in [0.1, 0.15) is 0 Å². The Bertz CT molecular complexity index is 549. The van der Waals surface area contributed by atoms with Crippen molar-refractivity contribution in [3.05, 3.63) is 35.9 Å². The molecule has 0 unspecified atom stereocenters. The second-order valence-electron chi connectivity index (χ2n) is 4.55. The SMILES string of the molecule is CSN1C(=O)[C@@H](NC(=O)Cc2ccccc2)[C@@H]1OC(C)=O. The number of benzene rings is 1. The van der Waals surface area contributed by atoms with Gasteiger partial charge in [-0.15, -0.1) is 0 Å². The average Bonchev–Trinajstić information content (AvgIpc) is 2.45. The van der Waals surface area contributed by atoms with Crippen molar-refractivity contribution in [1.29, 1.82) is 0 Å². The number of amides is 2. The number of carbonyl (C=O) groups is 3. The lowest BCUT2D eigenvalue weighted by Crippen LogP contribution is -2.69. The number of hydrogen-bond acceptors (Lipinski definition) is 5. The van der Waals surface area contributed by atoms with E-state index in [1.54, 1.807) is 6.26 Å². The van der Waals surface area contributed by atoms with Crippen LogP contribution in [0.3, 0.4) is 0 Å². The molecular weight excluding hydrogens is 292 g/mol. The van der Waals surface area contributed by atoms with Crippen LogP contribution in [0.15, 0.2) is 30.3 Å². The minimum Gasteiger partial charge on any atom is -0.438 e. The molecule has 7 heteroatoms. The molecule has 0 aromatic heterocycles. The summed E-state index contributed by atoms with van der Waals surface area (Å²) in [5, 5.41) is 2.61. The summed E-state index contributed by atoms with van der Waals surface area (Å²) in [6.45, 7) is 1.27. The summed E-state index contributed by atoms with van der Waals surface area (Å²) in [5.74, 6) is -1.04. The Kier molecular flexibility index (Phi) is 4.85. The van der Waals surface area contributed by atoms with Gasteiger partial charge >= 0.3 is 5.97 Å². The van der Waals surface area contributed by atoms with E-state index in [4.69, 9.17) is 4.74 Å². The van der Waals surface area contributed by atoms with Crippen LogP contribution < -0.4 is 5.32 Å². The molecule has 2 atom stereocenters. The summed E-state index contributed by atoms with van der Waals surface area (Å²) in [6, 6.07) is 8.41. The lowest BCUT2D eigenvalue weighted by molar-refractivity contribution is -0.177. The Morgan fingerprint density at radius 3 is 2.57 bits per heavy atom. The Morgan fingerprint density at radius 2 is 2.00 bits per heavy atom. The number of nitrogens with zero attached hydrogens (tertiary/aromatic N) is 1. The van der Waals surface area contributed by atoms with Crippen molar-refractivity contribution in [2.75, 3.05) is 6.26 Å². The van der Waals surface area contributed by atoms with Crippen molar-refractivity contribution >= 4 is 29.7 Å². The standard InChI is InChI=1S/C14H16N2O4S/c1-9(17)20-14-12(13(19)16(14)21-2)15-11(18)8-10-6-4-3-5-7-10/h3-7,12,14H,8H2,1-2H3,(H,15,18)/t12-,14+/m1/s1. The highest BCUT2D eigenvalue weighted by molar-refractivity contribution is 7.96. The Labute approximate surface area is 127 Å². The molecule has 1 aromatic carbocycles. The minimum absolute atomic E-state index is 0.177. The Hall–Kier alpha value is -2.02. The monoisotopic (exact) mass is 308 g/mol. The van der Waals surface area contributed by atoms with E-state index in [0.29, 0.717) is 0 Å². The normalized spacial score (nSPS) is 20.7. The van der Waals surface area contributed by atoms with Gasteiger partial charge < -0.3 is 10.1 Å². The molecular formula is C14H16N2O4S. The fraction of sp³-hybridized carbons (Fsp3) is 0.357. The second kappa shape index (κ2) is 6.62. The maximum absolute atomic E-state index is 12.0. The molecule has 2 rings (SSSR count). The van der Waals surface area contributed by atoms with Crippen LogP contribution in [0.4, 0.5) is 0 Å². The molecule has 6 nitrogen and oxygen atoms in total. The zero-order valence-electron chi connectivity index (χ0n) is 11.7. The number of rotatable bonds is 5. The molecule has 21 heavy (non-hydrogen) atoms. The third-order valence-corrected chi connectivity index (χ3v) is 3.79. The smallest absolute Gasteiger partial charge is 0.304 e. The average molecular weight is 308 g/mol. The molecule has 0 spiro atoms. The van der Waals surface area contributed by atoms with Crippen molar-refractivity contribution < 1.29 is 19.1 Å². The highest BCUT2D eigenvalue weighted by Gasteiger charge is 2.50. The predicted molar refractivity (Wildman–Crippen MR) is 78.0 cm³/mol. The molecule has 0 saturated carbocycles. The van der Waals surface area contributed by atoms with Gasteiger partial charge in [0.25, 0.3) is 5.91 Å². The minimum atomic E-state index is -0.808. The number of carbonyl (C=O) groups excluding carboxylic acids is 3. The van der Waals surface area contributed by atoms with Crippen LogP contribution in [0, 0.1) is 0 Å². The first-order chi connectivity index (χ1) is 10.0. The summed E-state index contributed by atoms with van der Waals surface area (Å²) in [6.07, 6.45) is 1.14. The first kappa shape index (κ1) is 15.4. The molecule has 1 heterocycles. The van der Waals surface area contributed by atoms with Gasteiger partial charge in [-0.1, -0.05) is 30.3 Å². The van der Waals surface area contributed by atoms with Crippen LogP contribution in [0.25, 0.3) is 0 Å². The van der Waals surface area contributed by atoms with Crippen molar-refractivity contribution in [2.45, 2.75) is 25.6 Å². The Balaban J connectivity index is 1.96. The zero-order chi connectivity index (χ0) is 15.4. The van der Waals surface area contributed by atoms with E-state index in [-0.39, 0.29) is 18.2 Å². The van der Waals surface area contributed by atoms with E-state index in [1.165, 1.54) is 11.2 Å². The lowest BCUT2D eigenvalue weighted by atomic mass is 10.1. The molecule has 1 fully saturated rings. The summed E-state index contributed by atoms with van der Waals surface area (Å²) in [5.41, 5.74) is 0.854. The molecule has 0 bridgehead atoms. The molecule has 1 aliphatic rings. The van der Waals surface area contributed by atoms with E-state index in [1.807, 2.05) is 30.3 Å². The zero-order valence-corrected chi connectivity index (χ0v) is 12.6. The van der Waals surface area contributed by atoms with Gasteiger partial charge in [-0.05, 0) is 17.5 Å². The van der Waals surface area contributed by atoms with Gasteiger partial charge in [-0.3, -0.25) is 14.4 Å². The van der Waals surface area contributed by atoms with E-state index in [9.17, 15) is 14.4 Å². The van der Waals surface area contributed by atoms with E-state index in [0.717, 1.165) is 17.5 Å². The summed E-state index contributed by atoms with van der Waals surface area (Å²) in [7, 11) is 0. The molecule has 0 aliphatic carbocycles. The number of esters is 1. The van der Waals surface area contributed by atoms with Crippen LogP contribution in [-0.4, -0.2) is 40.6 Å². The summed E-state index contributed by atoms with van der Waals surface area (Å²) in [4.78, 5) is 34.9. The largest absolute Gasteiger partial charge is 0.438 e. The van der Waals surface area contributed by atoms with Gasteiger partial charge in [-0.25, -0.2) is 4.31 Å². The third-order valence-electron chi connectivity index (χ3n) is 3.01. The van der Waals surface area contributed by atoms with Gasteiger partial charge in [0.15, 0.2) is 6.04 Å². The highest BCUT2D eigenvalue weighted by atomic mass is 32.2. The summed E-state index contributed by atoms with van der Waals surface area (Å²) < 4.78 is 6.38. The van der Waals surface area contributed by atoms with E-state index in [2.05, 4.69) is 5.32 Å². The molecule has 1 aliphatic heterocycles. The van der Waals surface area contributed by atoms with Crippen molar-refractivity contribution in [2.24, 2.45) is 0 Å². The van der Waals surface area contributed by atoms with Crippen LogP contribution in [0.2, 0.25) is 0 Å². The number of β-lactam (4-membered cyclic amide) rings is 1. The number of hydrogen-bond donors (Lipinski definition) is 1. The fourth-order valence-corrected chi connectivity index (χ4v) is 2.72. The molecule has 112 valence electrons. The maximum atomic E-state index is 12.0. The van der Waals surface area contributed by atoms with Gasteiger partial charge in [0.05, 0.1) is 6.42 Å². The quantitative estimate of drug-likeness (QED) is 0.493. The second-order valence-corrected chi connectivity index (χ2v) is 5.31. The molecule has 2 amide bonds. The van der Waals surface area contributed by atoms with Crippen molar-refractivity contribution in [3.63, 3.8) is 0 Å². The topological polar surface area (TPSA) is 75.7 Å². The van der Waals surface area contributed by atoms with Crippen LogP contribution in [-0.2, 0) is 25.5 Å². The highest BCUT2D eigenvalue weighted by Crippen LogP contribution is 2.28. The molecule has 1 N–H and O–H groups in total. The fourth-order valence-electron chi connectivity index (χ4n) is 2.06. The molecule has 0 radical (unpaired) electrons. The third kappa shape index (κ3) is 3.55. The summed E-state index contributed by atoms with van der Waals surface area (Å²) >= 11 is 1.16. The van der Waals surface area contributed by atoms with Gasteiger partial charge in [-0.2, -0.15) is 0 Å². The lowest BCUT2D eigenvalue weighted by Gasteiger charge is -2.43. The van der Waals surface area contributed by atoms with E-state index >= 15 is 0 Å². The maximum Gasteiger partial charge on any atom is 0.304 e. The first-order valence-electron chi connectivity index (χ1n) is 6.40. The molecule has 1 aromatic rings. The predicted octanol–water partition coefficient (Wildman–Crippen LogP) is 0.723. The van der Waals surface area contributed by atoms with Crippen molar-refractivity contribution in [3.8, 4) is 0 Å². The van der Waals surface area contributed by atoms with Crippen LogP contribution >= 0.6 is 11.9 Å². The number of ether oxygens (including phenoxy) is 1. The van der Waals surface area contributed by atoms with Crippen molar-refractivity contribution in [1.82, 2.24) is 9.62 Å². The number of nitrogens with one attached hydrogen (secondary N) is 1. The van der Waals surface area contributed by atoms with Gasteiger partial charge in [0.2, 0.25) is 12.1 Å².